The predicted octanol–water partition coefficient (Wildman–Crippen LogP) is 3.35. The number of para-hydroxylation sites is 2. The fourth-order valence-electron chi connectivity index (χ4n) is 2.27. The van der Waals surface area contributed by atoms with Crippen molar-refractivity contribution in [3.63, 3.8) is 0 Å². The molecule has 6 nitrogen and oxygen atoms in total. The van der Waals surface area contributed by atoms with Gasteiger partial charge in [0.25, 0.3) is 5.91 Å². The Balaban J connectivity index is 1.96. The molecule has 0 aliphatic carbocycles. The van der Waals surface area contributed by atoms with E-state index < -0.39 is 0 Å². The molecule has 0 fully saturated rings. The van der Waals surface area contributed by atoms with Crippen LogP contribution in [0.4, 0.5) is 11.4 Å². The minimum Gasteiger partial charge on any atom is -0.325 e. The molecule has 0 saturated heterocycles. The number of hydrogen-bond donors (Lipinski definition) is 3. The normalized spacial score (nSPS) is 10.2. The van der Waals surface area contributed by atoms with Gasteiger partial charge in [-0.15, -0.1) is 6.58 Å². The summed E-state index contributed by atoms with van der Waals surface area (Å²) < 4.78 is 0. The first-order valence-electron chi connectivity index (χ1n) is 8.43. The van der Waals surface area contributed by atoms with Gasteiger partial charge in [0.05, 0.1) is 11.4 Å². The van der Waals surface area contributed by atoms with Gasteiger partial charge in [-0.2, -0.15) is 0 Å². The fraction of sp³-hybridized carbons (Fsp3) is 0.250. The van der Waals surface area contributed by atoms with Crippen LogP contribution in [0.2, 0.25) is 0 Å². The molecule has 0 atom stereocenters. The number of carbonyl (C=O) groups is 2. The lowest BCUT2D eigenvalue weighted by Crippen LogP contribution is -2.17. The molecule has 2 rings (SSSR count). The van der Waals surface area contributed by atoms with Crippen LogP contribution in [0.5, 0.6) is 0 Å². The quantitative estimate of drug-likeness (QED) is 0.502. The maximum Gasteiger partial charge on any atom is 0.274 e. The van der Waals surface area contributed by atoms with Crippen LogP contribution in [0.1, 0.15) is 36.3 Å². The van der Waals surface area contributed by atoms with Gasteiger partial charge in [-0.3, -0.25) is 14.6 Å². The molecule has 0 radical (unpaired) electrons. The molecule has 1 aromatic carbocycles. The summed E-state index contributed by atoms with van der Waals surface area (Å²) in [6, 6.07) is 10.6. The highest BCUT2D eigenvalue weighted by Crippen LogP contribution is 2.21. The summed E-state index contributed by atoms with van der Waals surface area (Å²) in [5, 5.41) is 8.77. The number of amides is 2. The number of hydrogen-bond acceptors (Lipinski definition) is 4. The van der Waals surface area contributed by atoms with Crippen molar-refractivity contribution < 1.29 is 9.59 Å². The van der Waals surface area contributed by atoms with Gasteiger partial charge in [-0.05, 0) is 43.7 Å². The van der Waals surface area contributed by atoms with Crippen LogP contribution in [0, 0.1) is 0 Å². The van der Waals surface area contributed by atoms with Gasteiger partial charge in [0.1, 0.15) is 5.69 Å². The van der Waals surface area contributed by atoms with E-state index in [9.17, 15) is 9.59 Å². The van der Waals surface area contributed by atoms with E-state index in [4.69, 9.17) is 0 Å². The summed E-state index contributed by atoms with van der Waals surface area (Å²) in [6.07, 6.45) is 2.62. The van der Waals surface area contributed by atoms with Gasteiger partial charge in [0.15, 0.2) is 0 Å². The number of nitrogens with zero attached hydrogens (tertiary/aromatic N) is 1. The topological polar surface area (TPSA) is 83.1 Å². The third-order valence-electron chi connectivity index (χ3n) is 3.60. The van der Waals surface area contributed by atoms with Crippen LogP contribution < -0.4 is 16.0 Å². The van der Waals surface area contributed by atoms with Crippen LogP contribution in [-0.4, -0.2) is 23.3 Å². The Morgan fingerprint density at radius 1 is 1.04 bits per heavy atom. The standard InChI is InChI=1S/C20H24N4O2/c1-14(2)10-11-21-12-16-8-9-19(22-13-16)20(26)24-18-7-5-4-6-17(18)23-15(3)25/h4-9,13,21H,1,10-12H2,2-3H3,(H,23,25)(H,24,26). The molecule has 3 N–H and O–H groups in total. The molecule has 26 heavy (non-hydrogen) atoms. The predicted molar refractivity (Wildman–Crippen MR) is 104 cm³/mol. The highest BCUT2D eigenvalue weighted by atomic mass is 16.2. The summed E-state index contributed by atoms with van der Waals surface area (Å²) in [6.45, 7) is 8.83. The molecule has 0 spiro atoms. The molecule has 0 aliphatic rings. The van der Waals surface area contributed by atoms with E-state index >= 15 is 0 Å². The number of pyridine rings is 1. The number of aromatic nitrogens is 1. The maximum absolute atomic E-state index is 12.4. The molecule has 6 heteroatoms. The summed E-state index contributed by atoms with van der Waals surface area (Å²) in [4.78, 5) is 27.9. The average molecular weight is 352 g/mol. The summed E-state index contributed by atoms with van der Waals surface area (Å²) in [7, 11) is 0. The van der Waals surface area contributed by atoms with Gasteiger partial charge >= 0.3 is 0 Å². The van der Waals surface area contributed by atoms with E-state index in [0.29, 0.717) is 23.6 Å². The Labute approximate surface area is 153 Å². The number of benzene rings is 1. The van der Waals surface area contributed by atoms with E-state index in [1.807, 2.05) is 13.0 Å². The number of carbonyl (C=O) groups excluding carboxylic acids is 2. The minimum atomic E-state index is -0.329. The summed E-state index contributed by atoms with van der Waals surface area (Å²) >= 11 is 0. The van der Waals surface area contributed by atoms with Crippen molar-refractivity contribution in [3.8, 4) is 0 Å². The van der Waals surface area contributed by atoms with E-state index in [-0.39, 0.29) is 11.8 Å². The molecule has 1 aromatic heterocycles. The Morgan fingerprint density at radius 3 is 2.31 bits per heavy atom. The fourth-order valence-corrected chi connectivity index (χ4v) is 2.27. The monoisotopic (exact) mass is 352 g/mol. The number of nitrogens with one attached hydrogen (secondary N) is 3. The SMILES string of the molecule is C=C(C)CCNCc1ccc(C(=O)Nc2ccccc2NC(C)=O)nc1. The van der Waals surface area contributed by atoms with Gasteiger partial charge in [0.2, 0.25) is 5.91 Å². The van der Waals surface area contributed by atoms with Crippen molar-refractivity contribution in [2.45, 2.75) is 26.8 Å². The second-order valence-corrected chi connectivity index (χ2v) is 6.12. The molecule has 0 aliphatic heterocycles. The largest absolute Gasteiger partial charge is 0.325 e. The van der Waals surface area contributed by atoms with Crippen molar-refractivity contribution in [1.82, 2.24) is 10.3 Å². The molecule has 2 aromatic rings. The van der Waals surface area contributed by atoms with E-state index in [1.54, 1.807) is 36.5 Å². The van der Waals surface area contributed by atoms with Gasteiger partial charge < -0.3 is 16.0 Å². The first-order chi connectivity index (χ1) is 12.5. The molecule has 2 amide bonds. The first-order valence-corrected chi connectivity index (χ1v) is 8.43. The number of rotatable bonds is 8. The molecular weight excluding hydrogens is 328 g/mol. The molecular formula is C20H24N4O2. The second-order valence-electron chi connectivity index (χ2n) is 6.12. The van der Waals surface area contributed by atoms with E-state index in [2.05, 4.69) is 27.5 Å². The molecule has 136 valence electrons. The second kappa shape index (κ2) is 9.48. The lowest BCUT2D eigenvalue weighted by atomic mass is 10.2. The smallest absolute Gasteiger partial charge is 0.274 e. The highest BCUT2D eigenvalue weighted by Gasteiger charge is 2.11. The van der Waals surface area contributed by atoms with Crippen LogP contribution in [0.3, 0.4) is 0 Å². The van der Waals surface area contributed by atoms with Crippen molar-refractivity contribution in [2.24, 2.45) is 0 Å². The average Bonchev–Trinajstić information content (AvgIpc) is 2.60. The van der Waals surface area contributed by atoms with E-state index in [0.717, 1.165) is 24.1 Å². The molecule has 0 unspecified atom stereocenters. The Kier molecular flexibility index (Phi) is 7.05. The zero-order valence-electron chi connectivity index (χ0n) is 15.1. The van der Waals surface area contributed by atoms with Gasteiger partial charge in [-0.1, -0.05) is 23.8 Å². The molecule has 0 bridgehead atoms. The summed E-state index contributed by atoms with van der Waals surface area (Å²) in [5.74, 6) is -0.530. The van der Waals surface area contributed by atoms with Crippen molar-refractivity contribution in [1.29, 1.82) is 0 Å². The van der Waals surface area contributed by atoms with Crippen molar-refractivity contribution in [2.75, 3.05) is 17.2 Å². The lowest BCUT2D eigenvalue weighted by molar-refractivity contribution is -0.114. The molecule has 1 heterocycles. The number of anilines is 2. The van der Waals surface area contributed by atoms with Crippen LogP contribution >= 0.6 is 0 Å². The first kappa shape index (κ1) is 19.3. The maximum atomic E-state index is 12.4. The lowest BCUT2D eigenvalue weighted by Gasteiger charge is -2.11. The van der Waals surface area contributed by atoms with Crippen LogP contribution in [0.15, 0.2) is 54.7 Å². The Morgan fingerprint density at radius 2 is 1.73 bits per heavy atom. The van der Waals surface area contributed by atoms with Crippen molar-refractivity contribution in [3.05, 3.63) is 66.0 Å². The van der Waals surface area contributed by atoms with Crippen LogP contribution in [0.25, 0.3) is 0 Å². The minimum absolute atomic E-state index is 0.201. The zero-order chi connectivity index (χ0) is 18.9. The van der Waals surface area contributed by atoms with Gasteiger partial charge in [0, 0.05) is 19.7 Å². The van der Waals surface area contributed by atoms with Gasteiger partial charge in [-0.25, -0.2) is 0 Å². The zero-order valence-corrected chi connectivity index (χ0v) is 15.1. The molecule has 0 saturated carbocycles. The van der Waals surface area contributed by atoms with Crippen LogP contribution in [-0.2, 0) is 11.3 Å². The Bertz CT molecular complexity index is 785. The third-order valence-corrected chi connectivity index (χ3v) is 3.60. The summed E-state index contributed by atoms with van der Waals surface area (Å²) in [5.41, 5.74) is 3.53. The third kappa shape index (κ3) is 6.14. The Hall–Kier alpha value is -2.99. The van der Waals surface area contributed by atoms with Crippen molar-refractivity contribution >= 4 is 23.2 Å². The highest BCUT2D eigenvalue weighted by molar-refractivity contribution is 6.06. The van der Waals surface area contributed by atoms with E-state index in [1.165, 1.54) is 6.92 Å².